The number of amides is 2. The van der Waals surface area contributed by atoms with Crippen molar-refractivity contribution >= 4 is 23.5 Å². The molecule has 3 N–H and O–H groups in total. The Morgan fingerprint density at radius 2 is 1.72 bits per heavy atom. The van der Waals surface area contributed by atoms with Gasteiger partial charge in [-0.25, -0.2) is 0 Å². The highest BCUT2D eigenvalue weighted by molar-refractivity contribution is 5.98. The molecule has 0 saturated heterocycles. The third-order valence-corrected chi connectivity index (χ3v) is 4.94. The van der Waals surface area contributed by atoms with Gasteiger partial charge in [-0.05, 0) is 54.3 Å². The lowest BCUT2D eigenvalue weighted by Gasteiger charge is -2.18. The Morgan fingerprint density at radius 3 is 2.45 bits per heavy atom. The molecule has 2 unspecified atom stereocenters. The first kappa shape index (κ1) is 18.8. The highest BCUT2D eigenvalue weighted by Crippen LogP contribution is 2.49. The maximum absolute atomic E-state index is 12.5. The summed E-state index contributed by atoms with van der Waals surface area (Å²) in [6, 6.07) is 12.1. The molecule has 2 aromatic carbocycles. The first-order chi connectivity index (χ1) is 14.0. The molecule has 0 spiro atoms. The molecular formula is C21H20N2O6. The van der Waals surface area contributed by atoms with Gasteiger partial charge in [-0.3, -0.25) is 14.4 Å². The number of anilines is 1. The number of carbonyl (C=O) groups excluding carboxylic acids is 2. The molecule has 4 rings (SSSR count). The van der Waals surface area contributed by atoms with E-state index in [4.69, 9.17) is 14.6 Å². The lowest BCUT2D eigenvalue weighted by molar-refractivity contribution is -0.135. The molecule has 0 aromatic heterocycles. The van der Waals surface area contributed by atoms with E-state index in [1.807, 2.05) is 18.2 Å². The Labute approximate surface area is 166 Å². The first-order valence-corrected chi connectivity index (χ1v) is 9.32. The van der Waals surface area contributed by atoms with E-state index in [1.165, 1.54) is 12.1 Å². The number of carboxylic acids is 1. The predicted molar refractivity (Wildman–Crippen MR) is 103 cm³/mol. The van der Waals surface area contributed by atoms with Gasteiger partial charge in [-0.1, -0.05) is 6.07 Å². The molecule has 2 amide bonds. The van der Waals surface area contributed by atoms with Crippen molar-refractivity contribution in [3.63, 3.8) is 0 Å². The van der Waals surface area contributed by atoms with E-state index >= 15 is 0 Å². The molecule has 8 nitrogen and oxygen atoms in total. The van der Waals surface area contributed by atoms with Gasteiger partial charge in [-0.15, -0.1) is 0 Å². The zero-order valence-electron chi connectivity index (χ0n) is 15.5. The van der Waals surface area contributed by atoms with E-state index in [-0.39, 0.29) is 17.7 Å². The Kier molecular flexibility index (Phi) is 5.07. The number of ether oxygens (including phenoxy) is 2. The van der Waals surface area contributed by atoms with Crippen LogP contribution in [0.2, 0.25) is 0 Å². The van der Waals surface area contributed by atoms with Gasteiger partial charge in [0.25, 0.3) is 5.91 Å². The molecule has 1 saturated carbocycles. The number of fused-ring (bicyclic) bond motifs is 1. The molecule has 2 aromatic rings. The lowest BCUT2D eigenvalue weighted by Crippen LogP contribution is -2.29. The molecule has 2 atom stereocenters. The monoisotopic (exact) mass is 396 g/mol. The molecule has 150 valence electrons. The minimum Gasteiger partial charge on any atom is -0.486 e. The molecule has 1 aliphatic heterocycles. The van der Waals surface area contributed by atoms with Crippen molar-refractivity contribution in [1.29, 1.82) is 0 Å². The van der Waals surface area contributed by atoms with Crippen LogP contribution in [0.15, 0.2) is 42.5 Å². The summed E-state index contributed by atoms with van der Waals surface area (Å²) in [5, 5.41) is 13.7. The zero-order chi connectivity index (χ0) is 20.4. The number of carbonyl (C=O) groups is 3. The fraction of sp³-hybridized carbons (Fsp3) is 0.286. The highest BCUT2D eigenvalue weighted by Gasteiger charge is 2.44. The van der Waals surface area contributed by atoms with Crippen molar-refractivity contribution in [3.8, 4) is 11.5 Å². The third kappa shape index (κ3) is 4.31. The van der Waals surface area contributed by atoms with Crippen molar-refractivity contribution in [2.45, 2.75) is 12.3 Å². The second-order valence-corrected chi connectivity index (χ2v) is 6.99. The SMILES string of the molecule is O=C(O)CNC(=O)c1ccc(NC(=O)C2CC2c2ccc3c(c2)OCCO3)cc1. The predicted octanol–water partition coefficient (Wildman–Crippen LogP) is 2.01. The van der Waals surface area contributed by atoms with Crippen molar-refractivity contribution in [2.75, 3.05) is 25.1 Å². The van der Waals surface area contributed by atoms with Crippen molar-refractivity contribution < 1.29 is 29.0 Å². The average molecular weight is 396 g/mol. The van der Waals surface area contributed by atoms with Crippen LogP contribution in [0.3, 0.4) is 0 Å². The normalized spacial score (nSPS) is 19.2. The Hall–Kier alpha value is -3.55. The number of hydrogen-bond donors (Lipinski definition) is 3. The Bertz CT molecular complexity index is 956. The molecule has 1 heterocycles. The number of carboxylic acid groups (broad SMARTS) is 1. The van der Waals surface area contributed by atoms with Crippen LogP contribution in [0.1, 0.15) is 28.3 Å². The van der Waals surface area contributed by atoms with Gasteiger partial charge >= 0.3 is 5.97 Å². The number of benzene rings is 2. The molecule has 0 bridgehead atoms. The number of nitrogens with one attached hydrogen (secondary N) is 2. The van der Waals surface area contributed by atoms with Crippen LogP contribution in [-0.4, -0.2) is 42.6 Å². The molecule has 1 fully saturated rings. The summed E-state index contributed by atoms with van der Waals surface area (Å²) in [6.07, 6.45) is 0.765. The lowest BCUT2D eigenvalue weighted by atomic mass is 10.1. The summed E-state index contributed by atoms with van der Waals surface area (Å²) in [4.78, 5) is 34.9. The van der Waals surface area contributed by atoms with Gasteiger partial charge in [0.05, 0.1) is 0 Å². The van der Waals surface area contributed by atoms with Crippen LogP contribution in [0, 0.1) is 5.92 Å². The van der Waals surface area contributed by atoms with E-state index in [9.17, 15) is 14.4 Å². The van der Waals surface area contributed by atoms with Gasteiger partial charge in [0.2, 0.25) is 5.91 Å². The van der Waals surface area contributed by atoms with E-state index in [1.54, 1.807) is 12.1 Å². The second kappa shape index (κ2) is 7.83. The van der Waals surface area contributed by atoms with Crippen molar-refractivity contribution in [2.24, 2.45) is 5.92 Å². The quantitative estimate of drug-likeness (QED) is 0.688. The van der Waals surface area contributed by atoms with Crippen LogP contribution in [0.4, 0.5) is 5.69 Å². The minimum absolute atomic E-state index is 0.0760. The first-order valence-electron chi connectivity index (χ1n) is 9.32. The maximum atomic E-state index is 12.5. The van der Waals surface area contributed by atoms with Crippen LogP contribution >= 0.6 is 0 Å². The fourth-order valence-electron chi connectivity index (χ4n) is 3.34. The summed E-state index contributed by atoms with van der Waals surface area (Å²) in [5.74, 6) is -0.188. The van der Waals surface area contributed by atoms with Gasteiger partial charge in [0, 0.05) is 17.2 Å². The number of aliphatic carboxylic acids is 1. The summed E-state index contributed by atoms with van der Waals surface area (Å²) in [6.45, 7) is 0.621. The fourth-order valence-corrected chi connectivity index (χ4v) is 3.34. The standard InChI is InChI=1S/C21H20N2O6/c24-19(25)11-22-20(26)12-1-4-14(5-2-12)23-21(27)16-10-15(16)13-3-6-17-18(9-13)29-8-7-28-17/h1-6,9,15-16H,7-8,10-11H2,(H,22,26)(H,23,27)(H,24,25). The Morgan fingerprint density at radius 1 is 1.00 bits per heavy atom. The molecule has 29 heavy (non-hydrogen) atoms. The Balaban J connectivity index is 1.33. The van der Waals surface area contributed by atoms with E-state index < -0.39 is 18.4 Å². The van der Waals surface area contributed by atoms with Crippen LogP contribution < -0.4 is 20.1 Å². The van der Waals surface area contributed by atoms with E-state index in [0.29, 0.717) is 24.5 Å². The topological polar surface area (TPSA) is 114 Å². The summed E-state index contributed by atoms with van der Waals surface area (Å²) in [7, 11) is 0. The number of hydrogen-bond acceptors (Lipinski definition) is 5. The van der Waals surface area contributed by atoms with Crippen LogP contribution in [-0.2, 0) is 9.59 Å². The average Bonchev–Trinajstić information content (AvgIpc) is 3.53. The van der Waals surface area contributed by atoms with Crippen molar-refractivity contribution in [1.82, 2.24) is 5.32 Å². The molecule has 8 heteroatoms. The summed E-state index contributed by atoms with van der Waals surface area (Å²) < 4.78 is 11.1. The van der Waals surface area contributed by atoms with E-state index in [0.717, 1.165) is 23.5 Å². The number of rotatable bonds is 6. The third-order valence-electron chi connectivity index (χ3n) is 4.94. The van der Waals surface area contributed by atoms with Gasteiger partial charge in [0.15, 0.2) is 11.5 Å². The van der Waals surface area contributed by atoms with Gasteiger partial charge < -0.3 is 25.2 Å². The molecule has 0 radical (unpaired) electrons. The highest BCUT2D eigenvalue weighted by atomic mass is 16.6. The molecule has 1 aliphatic carbocycles. The maximum Gasteiger partial charge on any atom is 0.322 e. The zero-order valence-corrected chi connectivity index (χ0v) is 15.5. The summed E-state index contributed by atoms with van der Waals surface area (Å²) >= 11 is 0. The van der Waals surface area contributed by atoms with Gasteiger partial charge in [0.1, 0.15) is 19.8 Å². The van der Waals surface area contributed by atoms with Crippen LogP contribution in [0.25, 0.3) is 0 Å². The van der Waals surface area contributed by atoms with E-state index in [2.05, 4.69) is 10.6 Å². The largest absolute Gasteiger partial charge is 0.486 e. The van der Waals surface area contributed by atoms with Crippen LogP contribution in [0.5, 0.6) is 11.5 Å². The summed E-state index contributed by atoms with van der Waals surface area (Å²) in [5.41, 5.74) is 1.96. The minimum atomic E-state index is -1.11. The van der Waals surface area contributed by atoms with Gasteiger partial charge in [-0.2, -0.15) is 0 Å². The van der Waals surface area contributed by atoms with Crippen molar-refractivity contribution in [3.05, 3.63) is 53.6 Å². The second-order valence-electron chi connectivity index (χ2n) is 6.99. The molecular weight excluding hydrogens is 376 g/mol. The molecule has 2 aliphatic rings. The smallest absolute Gasteiger partial charge is 0.322 e.